The number of β-lactam (4-membered cyclic amide) rings is 1. The van der Waals surface area contributed by atoms with E-state index in [2.05, 4.69) is 30.8 Å². The van der Waals surface area contributed by atoms with Gasteiger partial charge in [0.1, 0.15) is 0 Å². The van der Waals surface area contributed by atoms with Crippen LogP contribution in [0.15, 0.2) is 23.1 Å². The first-order valence-corrected chi connectivity index (χ1v) is 16.9. The Bertz CT molecular complexity index is 1090. The van der Waals surface area contributed by atoms with Crippen LogP contribution in [-0.2, 0) is 19.2 Å². The number of Topliss-reactive ketones (excluding diaryl/α,β-unsaturated/α-hetero) is 1. The second-order valence-electron chi connectivity index (χ2n) is 12.0. The quantitative estimate of drug-likeness (QED) is 0.273. The zero-order chi connectivity index (χ0) is 27.1. The van der Waals surface area contributed by atoms with Crippen molar-refractivity contribution in [1.29, 1.82) is 0 Å². The maximum absolute atomic E-state index is 13.7. The zero-order valence-corrected chi connectivity index (χ0v) is 24.8. The molecule has 0 unspecified atom stereocenters. The third-order valence-electron chi connectivity index (χ3n) is 8.11. The fourth-order valence-electron chi connectivity index (χ4n) is 5.47. The molecule has 1 aliphatic carbocycles. The molecule has 0 spiro atoms. The molecule has 1 radical (unpaired) electrons. The minimum Gasteiger partial charge on any atom is -0.411 e. The van der Waals surface area contributed by atoms with E-state index in [-0.39, 0.29) is 28.0 Å². The normalized spacial score (nSPS) is 24.1. The molecule has 2 fully saturated rings. The smallest absolute Gasteiger partial charge is 0.240 e. The molecule has 201 valence electrons. The molecule has 4 atom stereocenters. The highest BCUT2D eigenvalue weighted by atomic mass is 32.2. The number of sulfonamides is 1. The van der Waals surface area contributed by atoms with Crippen LogP contribution in [0, 0.1) is 24.2 Å². The van der Waals surface area contributed by atoms with E-state index in [9.17, 15) is 18.0 Å². The lowest BCUT2D eigenvalue weighted by atomic mass is 9.62. The number of hydrogen-bond donors (Lipinski definition) is 2. The van der Waals surface area contributed by atoms with E-state index in [4.69, 9.17) is 4.43 Å². The van der Waals surface area contributed by atoms with Crippen molar-refractivity contribution in [2.75, 3.05) is 0 Å². The lowest BCUT2D eigenvalue weighted by Gasteiger charge is -2.55. The van der Waals surface area contributed by atoms with Gasteiger partial charge in [-0.05, 0) is 62.9 Å². The van der Waals surface area contributed by atoms with Crippen LogP contribution in [0.4, 0.5) is 0 Å². The van der Waals surface area contributed by atoms with E-state index in [0.717, 1.165) is 32.1 Å². The number of carbonyl (C=O) groups excluding carboxylic acids is 2. The van der Waals surface area contributed by atoms with Crippen LogP contribution in [0.2, 0.25) is 13.1 Å². The van der Waals surface area contributed by atoms with Crippen molar-refractivity contribution in [3.05, 3.63) is 29.3 Å². The molecule has 1 amide bonds. The molecule has 3 rings (SSSR count). The highest BCUT2D eigenvalue weighted by Crippen LogP contribution is 2.46. The summed E-state index contributed by atoms with van der Waals surface area (Å²) >= 11 is 0. The number of amides is 1. The van der Waals surface area contributed by atoms with E-state index < -0.39 is 42.5 Å². The maximum atomic E-state index is 13.7. The summed E-state index contributed by atoms with van der Waals surface area (Å²) in [5.74, 6) is -1.29. The first-order chi connectivity index (χ1) is 16.6. The summed E-state index contributed by atoms with van der Waals surface area (Å²) in [7, 11) is -4.85. The number of carbonyl (C=O) groups is 2. The predicted octanol–water partition coefficient (Wildman–Crippen LogP) is 4.61. The van der Waals surface area contributed by atoms with E-state index >= 15 is 0 Å². The lowest BCUT2D eigenvalue weighted by Crippen LogP contribution is -2.72. The Labute approximate surface area is 218 Å². The highest BCUT2D eigenvalue weighted by Gasteiger charge is 2.59. The van der Waals surface area contributed by atoms with Gasteiger partial charge in [-0.25, -0.2) is 13.1 Å². The van der Waals surface area contributed by atoms with Gasteiger partial charge in [-0.15, -0.1) is 0 Å². The molecule has 2 aliphatic rings. The summed E-state index contributed by atoms with van der Waals surface area (Å²) in [6.45, 7) is 15.9. The van der Waals surface area contributed by atoms with Gasteiger partial charge in [0, 0.05) is 17.5 Å². The lowest BCUT2D eigenvalue weighted by molar-refractivity contribution is -0.161. The van der Waals surface area contributed by atoms with Gasteiger partial charge in [0.15, 0.2) is 5.78 Å². The van der Waals surface area contributed by atoms with Crippen molar-refractivity contribution < 1.29 is 22.4 Å². The van der Waals surface area contributed by atoms with Gasteiger partial charge in [0.2, 0.25) is 25.0 Å². The fraction of sp³-hybridized carbons (Fsp3) is 0.704. The van der Waals surface area contributed by atoms with Gasteiger partial charge >= 0.3 is 0 Å². The van der Waals surface area contributed by atoms with Crippen LogP contribution in [0.3, 0.4) is 0 Å². The van der Waals surface area contributed by atoms with Gasteiger partial charge in [-0.3, -0.25) is 9.59 Å². The van der Waals surface area contributed by atoms with Crippen LogP contribution in [0.5, 0.6) is 0 Å². The van der Waals surface area contributed by atoms with Crippen LogP contribution in [-0.4, -0.2) is 46.8 Å². The topological polar surface area (TPSA) is 102 Å². The third kappa shape index (κ3) is 5.79. The first kappa shape index (κ1) is 29.0. The largest absolute Gasteiger partial charge is 0.411 e. The summed E-state index contributed by atoms with van der Waals surface area (Å²) in [4.78, 5) is 26.7. The number of nitrogens with one attached hydrogen (secondary N) is 2. The summed E-state index contributed by atoms with van der Waals surface area (Å²) in [6, 6.07) is 4.29. The van der Waals surface area contributed by atoms with Crippen LogP contribution >= 0.6 is 0 Å². The Balaban J connectivity index is 1.87. The standard InChI is InChI=1S/C27H43N2O5SSi/c1-17-14-15-20(35(32,33)29-19-12-10-9-11-13-19)16-21(17)24(30)18(2)23-22(25(31)28-23)27(6,26(3,4)5)34-36(7)8/h14-16,18-19,22-23,29H,9-13H2,1-8H3,(H,28,31)/t18-,22-,23-,27-/m1/s1. The third-order valence-corrected chi connectivity index (χ3v) is 10.5. The zero-order valence-electron chi connectivity index (χ0n) is 23.0. The molecule has 7 nitrogen and oxygen atoms in total. The molecule has 1 aliphatic heterocycles. The van der Waals surface area contributed by atoms with E-state index in [1.54, 1.807) is 12.1 Å². The van der Waals surface area contributed by atoms with Crippen LogP contribution < -0.4 is 10.0 Å². The average Bonchev–Trinajstić information content (AvgIpc) is 2.75. The summed E-state index contributed by atoms with van der Waals surface area (Å²) in [6.07, 6.45) is 4.85. The van der Waals surface area contributed by atoms with E-state index in [1.165, 1.54) is 6.07 Å². The molecular formula is C27H43N2O5SSi. The van der Waals surface area contributed by atoms with Gasteiger partial charge < -0.3 is 9.74 Å². The molecule has 1 heterocycles. The van der Waals surface area contributed by atoms with Crippen molar-refractivity contribution in [3.63, 3.8) is 0 Å². The predicted molar refractivity (Wildman–Crippen MR) is 144 cm³/mol. The number of rotatable bonds is 9. The summed E-state index contributed by atoms with van der Waals surface area (Å²) in [5.41, 5.74) is 0.0277. The number of hydrogen-bond acceptors (Lipinski definition) is 5. The fourth-order valence-corrected chi connectivity index (χ4v) is 8.08. The minimum absolute atomic E-state index is 0.0623. The second-order valence-corrected chi connectivity index (χ2v) is 15.7. The number of benzene rings is 1. The molecular weight excluding hydrogens is 492 g/mol. The van der Waals surface area contributed by atoms with E-state index in [0.29, 0.717) is 11.1 Å². The van der Waals surface area contributed by atoms with Crippen molar-refractivity contribution in [2.24, 2.45) is 17.3 Å². The Morgan fingerprint density at radius 3 is 2.28 bits per heavy atom. The molecule has 36 heavy (non-hydrogen) atoms. The van der Waals surface area contributed by atoms with Gasteiger partial charge in [0.25, 0.3) is 0 Å². The first-order valence-electron chi connectivity index (χ1n) is 13.1. The van der Waals surface area contributed by atoms with Gasteiger partial charge in [0.05, 0.1) is 22.5 Å². The Kier molecular flexibility index (Phi) is 8.60. The Morgan fingerprint density at radius 2 is 1.75 bits per heavy atom. The second kappa shape index (κ2) is 10.7. The number of aryl methyl sites for hydroxylation is 1. The van der Waals surface area contributed by atoms with Crippen molar-refractivity contribution >= 4 is 30.8 Å². The van der Waals surface area contributed by atoms with Crippen molar-refractivity contribution in [2.45, 2.75) is 109 Å². The minimum atomic E-state index is -3.73. The molecule has 1 aromatic rings. The SMILES string of the molecule is Cc1ccc(S(=O)(=O)NC2CCCCC2)cc1C(=O)[C@H](C)[C@H]1NC(=O)[C@@H]1[C@@](C)(O[Si](C)C)C(C)(C)C. The molecule has 9 heteroatoms. The summed E-state index contributed by atoms with van der Waals surface area (Å²) < 4.78 is 35.5. The van der Waals surface area contributed by atoms with E-state index in [1.807, 2.05) is 33.9 Å². The molecule has 0 bridgehead atoms. The van der Waals surface area contributed by atoms with Crippen LogP contribution in [0.25, 0.3) is 0 Å². The molecule has 2 N–H and O–H groups in total. The molecule has 1 aromatic carbocycles. The monoisotopic (exact) mass is 535 g/mol. The van der Waals surface area contributed by atoms with Crippen molar-refractivity contribution in [1.82, 2.24) is 10.0 Å². The Hall–Kier alpha value is -1.55. The summed E-state index contributed by atoms with van der Waals surface area (Å²) in [5, 5.41) is 2.95. The van der Waals surface area contributed by atoms with Gasteiger partial charge in [-0.2, -0.15) is 0 Å². The average molecular weight is 536 g/mol. The van der Waals surface area contributed by atoms with Gasteiger partial charge in [-0.1, -0.05) is 53.0 Å². The van der Waals surface area contributed by atoms with Crippen LogP contribution in [0.1, 0.15) is 82.6 Å². The van der Waals surface area contributed by atoms with Crippen molar-refractivity contribution in [3.8, 4) is 0 Å². The maximum Gasteiger partial charge on any atom is 0.240 e. The number of ketones is 1. The highest BCUT2D eigenvalue weighted by molar-refractivity contribution is 7.89. The Morgan fingerprint density at radius 1 is 1.14 bits per heavy atom. The molecule has 0 aromatic heterocycles. The molecule has 1 saturated heterocycles. The molecule has 1 saturated carbocycles.